The zero-order valence-corrected chi connectivity index (χ0v) is 12.8. The van der Waals surface area contributed by atoms with Crippen LogP contribution in [0.25, 0.3) is 0 Å². The number of rotatable bonds is 2. The first-order valence-electron chi connectivity index (χ1n) is 7.24. The average molecular weight is 295 g/mol. The topological polar surface area (TPSA) is 61.4 Å². The van der Waals surface area contributed by atoms with E-state index in [4.69, 9.17) is 0 Å². The highest BCUT2D eigenvalue weighted by Gasteiger charge is 2.35. The molecule has 2 atom stereocenters. The number of urea groups is 1. The number of hydrogen-bond acceptors (Lipinski definition) is 5. The van der Waals surface area contributed by atoms with Crippen molar-refractivity contribution in [2.45, 2.75) is 32.7 Å². The van der Waals surface area contributed by atoms with Gasteiger partial charge in [-0.05, 0) is 25.7 Å². The lowest BCUT2D eigenvalue weighted by Gasteiger charge is -2.21. The van der Waals surface area contributed by atoms with Crippen LogP contribution in [0.2, 0.25) is 0 Å². The van der Waals surface area contributed by atoms with Gasteiger partial charge in [0.1, 0.15) is 5.82 Å². The molecule has 0 radical (unpaired) electrons. The van der Waals surface area contributed by atoms with E-state index < -0.39 is 0 Å². The third-order valence-electron chi connectivity index (χ3n) is 3.99. The first-order chi connectivity index (χ1) is 9.63. The molecule has 0 bridgehead atoms. The van der Waals surface area contributed by atoms with Gasteiger partial charge in [0.25, 0.3) is 0 Å². The van der Waals surface area contributed by atoms with Crippen LogP contribution in [0.1, 0.15) is 25.6 Å². The van der Waals surface area contributed by atoms with E-state index in [1.807, 2.05) is 11.8 Å². The Morgan fingerprint density at radius 3 is 2.80 bits per heavy atom. The summed E-state index contributed by atoms with van der Waals surface area (Å²) in [6.45, 7) is 7.44. The van der Waals surface area contributed by atoms with Crippen LogP contribution >= 0.6 is 11.5 Å². The minimum atomic E-state index is 0.0923. The number of carbonyl (C=O) groups is 1. The van der Waals surface area contributed by atoms with E-state index in [2.05, 4.69) is 26.5 Å². The number of carbonyl (C=O) groups excluding carboxylic acids is 1. The molecule has 1 N–H and O–H groups in total. The van der Waals surface area contributed by atoms with Crippen molar-refractivity contribution in [2.24, 2.45) is 5.92 Å². The summed E-state index contributed by atoms with van der Waals surface area (Å²) >= 11 is 1.44. The summed E-state index contributed by atoms with van der Waals surface area (Å²) in [6, 6.07) is 0.488. The fourth-order valence-electron chi connectivity index (χ4n) is 2.50. The highest BCUT2D eigenvalue weighted by Crippen LogP contribution is 2.29. The predicted octanol–water partition coefficient (Wildman–Crippen LogP) is 1.48. The molecule has 110 valence electrons. The lowest BCUT2D eigenvalue weighted by Crippen LogP contribution is -2.43. The molecule has 1 aromatic heterocycles. The second-order valence-corrected chi connectivity index (χ2v) is 6.45. The normalized spacial score (nSPS) is 26.3. The van der Waals surface area contributed by atoms with Gasteiger partial charge >= 0.3 is 6.03 Å². The molecule has 2 fully saturated rings. The van der Waals surface area contributed by atoms with E-state index >= 15 is 0 Å². The van der Waals surface area contributed by atoms with Gasteiger partial charge in [-0.25, -0.2) is 9.78 Å². The summed E-state index contributed by atoms with van der Waals surface area (Å²) in [5.74, 6) is 1.47. The van der Waals surface area contributed by atoms with Crippen LogP contribution in [-0.2, 0) is 0 Å². The number of nitrogens with one attached hydrogen (secondary N) is 1. The number of hydrogen-bond donors (Lipinski definition) is 1. The molecule has 1 aromatic rings. The number of nitrogens with zero attached hydrogens (tertiary/aromatic N) is 4. The van der Waals surface area contributed by atoms with Gasteiger partial charge in [0.05, 0.1) is 0 Å². The van der Waals surface area contributed by atoms with Gasteiger partial charge in [-0.2, -0.15) is 4.37 Å². The molecule has 2 aliphatic rings. The zero-order valence-electron chi connectivity index (χ0n) is 12.0. The highest BCUT2D eigenvalue weighted by atomic mass is 32.1. The molecule has 0 aromatic carbocycles. The first-order valence-corrected chi connectivity index (χ1v) is 8.01. The third kappa shape index (κ3) is 3.03. The Morgan fingerprint density at radius 2 is 2.15 bits per heavy atom. The maximum atomic E-state index is 12.2. The Kier molecular flexibility index (Phi) is 3.78. The Hall–Kier alpha value is -1.37. The lowest BCUT2D eigenvalue weighted by atomic mass is 10.4. The first kappa shape index (κ1) is 13.6. The zero-order chi connectivity index (χ0) is 14.1. The molecule has 7 heteroatoms. The Bertz CT molecular complexity index is 491. The van der Waals surface area contributed by atoms with Gasteiger partial charge in [-0.15, -0.1) is 0 Å². The van der Waals surface area contributed by atoms with Gasteiger partial charge in [-0.1, -0.05) is 6.92 Å². The third-order valence-corrected chi connectivity index (χ3v) is 4.86. The van der Waals surface area contributed by atoms with E-state index in [1.54, 1.807) is 0 Å². The summed E-state index contributed by atoms with van der Waals surface area (Å²) < 4.78 is 4.23. The summed E-state index contributed by atoms with van der Waals surface area (Å²) in [5.41, 5.74) is 0. The van der Waals surface area contributed by atoms with E-state index in [1.165, 1.54) is 11.5 Å². The van der Waals surface area contributed by atoms with Crippen molar-refractivity contribution in [1.82, 2.24) is 19.6 Å². The van der Waals surface area contributed by atoms with Crippen LogP contribution in [-0.4, -0.2) is 52.5 Å². The standard InChI is InChI=1S/C13H21N5OS/c1-9-8-11(9)15-12(19)17-4-3-5-18(7-6-17)13-14-10(2)16-20-13/h9,11H,3-8H2,1-2H3,(H,15,19)/t9-,11+/m0/s1. The van der Waals surface area contributed by atoms with Crippen molar-refractivity contribution in [3.8, 4) is 0 Å². The van der Waals surface area contributed by atoms with Crippen molar-refractivity contribution < 1.29 is 4.79 Å². The van der Waals surface area contributed by atoms with Crippen LogP contribution in [0, 0.1) is 12.8 Å². The molecule has 2 amide bonds. The molecule has 0 spiro atoms. The van der Waals surface area contributed by atoms with E-state index in [-0.39, 0.29) is 6.03 Å². The summed E-state index contributed by atoms with van der Waals surface area (Å²) in [6.07, 6.45) is 2.10. The van der Waals surface area contributed by atoms with E-state index in [0.717, 1.165) is 50.0 Å². The van der Waals surface area contributed by atoms with Crippen LogP contribution < -0.4 is 10.2 Å². The minimum absolute atomic E-state index is 0.0923. The molecular formula is C13H21N5OS. The van der Waals surface area contributed by atoms with Gasteiger partial charge in [0.15, 0.2) is 0 Å². The molecule has 2 heterocycles. The maximum absolute atomic E-state index is 12.2. The average Bonchev–Trinajstić information content (AvgIpc) is 3.03. The van der Waals surface area contributed by atoms with Gasteiger partial charge in [0.2, 0.25) is 5.13 Å². The van der Waals surface area contributed by atoms with Crippen LogP contribution in [0.15, 0.2) is 0 Å². The number of aromatic nitrogens is 2. The second kappa shape index (κ2) is 5.55. The van der Waals surface area contributed by atoms with Crippen molar-refractivity contribution in [1.29, 1.82) is 0 Å². The fourth-order valence-corrected chi connectivity index (χ4v) is 3.23. The van der Waals surface area contributed by atoms with Gasteiger partial charge < -0.3 is 15.1 Å². The van der Waals surface area contributed by atoms with Crippen LogP contribution in [0.5, 0.6) is 0 Å². The quantitative estimate of drug-likeness (QED) is 0.897. The molecule has 1 saturated heterocycles. The summed E-state index contributed by atoms with van der Waals surface area (Å²) in [5, 5.41) is 4.08. The Labute approximate surface area is 123 Å². The Morgan fingerprint density at radius 1 is 1.35 bits per heavy atom. The van der Waals surface area contributed by atoms with Crippen LogP contribution in [0.3, 0.4) is 0 Å². The molecular weight excluding hydrogens is 274 g/mol. The second-order valence-electron chi connectivity index (χ2n) is 5.72. The summed E-state index contributed by atoms with van der Waals surface area (Å²) in [4.78, 5) is 20.8. The van der Waals surface area contributed by atoms with E-state index in [9.17, 15) is 4.79 Å². The van der Waals surface area contributed by atoms with Crippen molar-refractivity contribution >= 4 is 22.7 Å². The number of anilines is 1. The molecule has 20 heavy (non-hydrogen) atoms. The number of aryl methyl sites for hydroxylation is 1. The molecule has 1 aliphatic heterocycles. The molecule has 6 nitrogen and oxygen atoms in total. The lowest BCUT2D eigenvalue weighted by molar-refractivity contribution is 0.200. The minimum Gasteiger partial charge on any atom is -0.345 e. The highest BCUT2D eigenvalue weighted by molar-refractivity contribution is 7.09. The molecule has 3 rings (SSSR count). The monoisotopic (exact) mass is 295 g/mol. The molecule has 1 aliphatic carbocycles. The largest absolute Gasteiger partial charge is 0.345 e. The SMILES string of the molecule is Cc1nsc(N2CCCN(C(=O)N[C@@H]3C[C@@H]3C)CC2)n1. The van der Waals surface area contributed by atoms with Crippen LogP contribution in [0.4, 0.5) is 9.93 Å². The molecule has 0 unspecified atom stereocenters. The van der Waals surface area contributed by atoms with Crippen molar-refractivity contribution in [3.63, 3.8) is 0 Å². The predicted molar refractivity (Wildman–Crippen MR) is 79.1 cm³/mol. The fraction of sp³-hybridized carbons (Fsp3) is 0.769. The maximum Gasteiger partial charge on any atom is 0.317 e. The molecule has 1 saturated carbocycles. The number of amides is 2. The van der Waals surface area contributed by atoms with E-state index in [0.29, 0.717) is 12.0 Å². The van der Waals surface area contributed by atoms with Gasteiger partial charge in [-0.3, -0.25) is 0 Å². The smallest absolute Gasteiger partial charge is 0.317 e. The van der Waals surface area contributed by atoms with Gasteiger partial charge in [0, 0.05) is 43.8 Å². The Balaban J connectivity index is 1.55. The summed E-state index contributed by atoms with van der Waals surface area (Å²) in [7, 11) is 0. The van der Waals surface area contributed by atoms with Crippen molar-refractivity contribution in [2.75, 3.05) is 31.1 Å². The van der Waals surface area contributed by atoms with Crippen molar-refractivity contribution in [3.05, 3.63) is 5.82 Å².